The number of anilines is 2. The lowest BCUT2D eigenvalue weighted by atomic mass is 10.2. The van der Waals surface area contributed by atoms with Crippen LogP contribution in [0.2, 0.25) is 5.02 Å². The van der Waals surface area contributed by atoms with Crippen LogP contribution in [0.1, 0.15) is 0 Å². The molecule has 1 N–H and O–H groups in total. The van der Waals surface area contributed by atoms with E-state index >= 15 is 0 Å². The molecule has 1 fully saturated rings. The first-order valence-corrected chi connectivity index (χ1v) is 7.72. The van der Waals surface area contributed by atoms with E-state index in [1.807, 2.05) is 59.5 Å². The highest BCUT2D eigenvalue weighted by Crippen LogP contribution is 2.26. The highest BCUT2D eigenvalue weighted by Gasteiger charge is 2.22. The van der Waals surface area contributed by atoms with Crippen molar-refractivity contribution in [1.82, 2.24) is 4.90 Å². The maximum atomic E-state index is 12.2. The second-order valence-electron chi connectivity index (χ2n) is 5.22. The summed E-state index contributed by atoms with van der Waals surface area (Å²) in [5, 5.41) is 3.67. The van der Waals surface area contributed by atoms with Gasteiger partial charge in [0.15, 0.2) is 0 Å². The van der Waals surface area contributed by atoms with Crippen molar-refractivity contribution in [3.63, 3.8) is 0 Å². The molecule has 0 bridgehead atoms. The van der Waals surface area contributed by atoms with Gasteiger partial charge in [-0.2, -0.15) is 0 Å². The molecule has 4 nitrogen and oxygen atoms in total. The number of halogens is 1. The molecule has 114 valence electrons. The number of nitrogens with one attached hydrogen (secondary N) is 1. The molecule has 0 aromatic heterocycles. The van der Waals surface area contributed by atoms with Crippen LogP contribution < -0.4 is 10.2 Å². The molecule has 2 aromatic rings. The molecule has 22 heavy (non-hydrogen) atoms. The maximum absolute atomic E-state index is 12.2. The third-order valence-electron chi connectivity index (χ3n) is 3.79. The van der Waals surface area contributed by atoms with E-state index in [4.69, 9.17) is 11.6 Å². The molecule has 1 aliphatic rings. The van der Waals surface area contributed by atoms with Crippen LogP contribution in [0.25, 0.3) is 0 Å². The number of nitrogens with zero attached hydrogens (tertiary/aromatic N) is 2. The topological polar surface area (TPSA) is 35.6 Å². The van der Waals surface area contributed by atoms with Crippen molar-refractivity contribution in [1.29, 1.82) is 0 Å². The molecule has 3 rings (SSSR count). The number of hydrogen-bond donors (Lipinski definition) is 1. The van der Waals surface area contributed by atoms with Gasteiger partial charge in [0.25, 0.3) is 0 Å². The average Bonchev–Trinajstić information content (AvgIpc) is 2.56. The van der Waals surface area contributed by atoms with Gasteiger partial charge in [-0.05, 0) is 24.3 Å². The van der Waals surface area contributed by atoms with Crippen LogP contribution in [0.5, 0.6) is 0 Å². The van der Waals surface area contributed by atoms with E-state index in [-0.39, 0.29) is 6.03 Å². The average molecular weight is 316 g/mol. The van der Waals surface area contributed by atoms with E-state index in [2.05, 4.69) is 10.2 Å². The SMILES string of the molecule is O=C(Nc1ccccc1)N1CCN(c2ccccc2Cl)CC1. The number of para-hydroxylation sites is 2. The molecule has 0 saturated carbocycles. The largest absolute Gasteiger partial charge is 0.367 e. The molecule has 2 aromatic carbocycles. The van der Waals surface area contributed by atoms with Gasteiger partial charge in [0, 0.05) is 31.9 Å². The Morgan fingerprint density at radius 2 is 1.55 bits per heavy atom. The summed E-state index contributed by atoms with van der Waals surface area (Å²) in [6.45, 7) is 2.94. The molecule has 0 radical (unpaired) electrons. The van der Waals surface area contributed by atoms with Gasteiger partial charge in [-0.15, -0.1) is 0 Å². The predicted octanol–water partition coefficient (Wildman–Crippen LogP) is 3.69. The Balaban J connectivity index is 1.58. The van der Waals surface area contributed by atoms with E-state index in [0.717, 1.165) is 29.5 Å². The number of carbonyl (C=O) groups excluding carboxylic acids is 1. The summed E-state index contributed by atoms with van der Waals surface area (Å²) in [7, 11) is 0. The maximum Gasteiger partial charge on any atom is 0.321 e. The molecule has 5 heteroatoms. The minimum atomic E-state index is -0.0509. The van der Waals surface area contributed by atoms with E-state index in [9.17, 15) is 4.79 Å². The quantitative estimate of drug-likeness (QED) is 0.917. The Morgan fingerprint density at radius 1 is 0.909 bits per heavy atom. The molecule has 1 aliphatic heterocycles. The molecule has 1 saturated heterocycles. The summed E-state index contributed by atoms with van der Waals surface area (Å²) in [5.74, 6) is 0. The highest BCUT2D eigenvalue weighted by molar-refractivity contribution is 6.33. The first-order chi connectivity index (χ1) is 10.7. The van der Waals surface area contributed by atoms with Crippen LogP contribution in [-0.4, -0.2) is 37.1 Å². The van der Waals surface area contributed by atoms with Crippen LogP contribution >= 0.6 is 11.6 Å². The van der Waals surface area contributed by atoms with Crippen LogP contribution in [0, 0.1) is 0 Å². The van der Waals surface area contributed by atoms with Gasteiger partial charge in [-0.1, -0.05) is 41.9 Å². The van der Waals surface area contributed by atoms with Gasteiger partial charge in [0.1, 0.15) is 0 Å². The lowest BCUT2D eigenvalue weighted by Gasteiger charge is -2.36. The fourth-order valence-corrected chi connectivity index (χ4v) is 2.84. The van der Waals surface area contributed by atoms with Gasteiger partial charge in [0.2, 0.25) is 0 Å². The first-order valence-electron chi connectivity index (χ1n) is 7.34. The zero-order valence-electron chi connectivity index (χ0n) is 12.2. The number of hydrogen-bond acceptors (Lipinski definition) is 2. The van der Waals surface area contributed by atoms with Crippen molar-refractivity contribution in [2.24, 2.45) is 0 Å². The number of urea groups is 1. The standard InChI is InChI=1S/C17H18ClN3O/c18-15-8-4-5-9-16(15)20-10-12-21(13-11-20)17(22)19-14-6-2-1-3-7-14/h1-9H,10-13H2,(H,19,22). The van der Waals surface area contributed by atoms with Crippen molar-refractivity contribution in [2.75, 3.05) is 36.4 Å². The lowest BCUT2D eigenvalue weighted by Crippen LogP contribution is -2.50. The first kappa shape index (κ1) is 14.7. The minimum absolute atomic E-state index is 0.0509. The second kappa shape index (κ2) is 6.71. The Bertz CT molecular complexity index is 639. The highest BCUT2D eigenvalue weighted by atomic mass is 35.5. The number of benzene rings is 2. The molecule has 0 atom stereocenters. The van der Waals surface area contributed by atoms with Crippen molar-refractivity contribution < 1.29 is 4.79 Å². The number of amides is 2. The van der Waals surface area contributed by atoms with Crippen molar-refractivity contribution in [3.05, 3.63) is 59.6 Å². The monoisotopic (exact) mass is 315 g/mol. The zero-order valence-corrected chi connectivity index (χ0v) is 13.0. The summed E-state index contributed by atoms with van der Waals surface area (Å²) < 4.78 is 0. The molecule has 2 amide bonds. The third-order valence-corrected chi connectivity index (χ3v) is 4.10. The van der Waals surface area contributed by atoms with Crippen molar-refractivity contribution in [3.8, 4) is 0 Å². The number of piperazine rings is 1. The Labute approximate surface area is 135 Å². The fraction of sp³-hybridized carbons (Fsp3) is 0.235. The predicted molar refractivity (Wildman–Crippen MR) is 90.7 cm³/mol. The fourth-order valence-electron chi connectivity index (χ4n) is 2.58. The van der Waals surface area contributed by atoms with E-state index < -0.39 is 0 Å². The van der Waals surface area contributed by atoms with Gasteiger partial charge < -0.3 is 15.1 Å². The number of carbonyl (C=O) groups is 1. The molecule has 0 spiro atoms. The Morgan fingerprint density at radius 3 is 2.23 bits per heavy atom. The molecular weight excluding hydrogens is 298 g/mol. The van der Waals surface area contributed by atoms with Crippen LogP contribution in [0.3, 0.4) is 0 Å². The van der Waals surface area contributed by atoms with E-state index in [1.165, 1.54) is 0 Å². The molecule has 0 unspecified atom stereocenters. The summed E-state index contributed by atoms with van der Waals surface area (Å²) >= 11 is 6.23. The third kappa shape index (κ3) is 3.34. The number of rotatable bonds is 2. The van der Waals surface area contributed by atoms with Gasteiger partial charge in [-0.3, -0.25) is 0 Å². The van der Waals surface area contributed by atoms with Gasteiger partial charge in [-0.25, -0.2) is 4.79 Å². The van der Waals surface area contributed by atoms with Crippen molar-refractivity contribution in [2.45, 2.75) is 0 Å². The van der Waals surface area contributed by atoms with Gasteiger partial charge in [0.05, 0.1) is 10.7 Å². The summed E-state index contributed by atoms with van der Waals surface area (Å²) in [6, 6.07) is 17.3. The summed E-state index contributed by atoms with van der Waals surface area (Å²) in [4.78, 5) is 16.3. The molecular formula is C17H18ClN3O. The zero-order chi connectivity index (χ0) is 15.4. The normalized spacial score (nSPS) is 14.8. The second-order valence-corrected chi connectivity index (χ2v) is 5.63. The van der Waals surface area contributed by atoms with Crippen molar-refractivity contribution >= 4 is 29.0 Å². The molecule has 1 heterocycles. The lowest BCUT2D eigenvalue weighted by molar-refractivity contribution is 0.208. The van der Waals surface area contributed by atoms with Crippen LogP contribution in [0.15, 0.2) is 54.6 Å². The van der Waals surface area contributed by atoms with Crippen LogP contribution in [-0.2, 0) is 0 Å². The smallest absolute Gasteiger partial charge is 0.321 e. The van der Waals surface area contributed by atoms with E-state index in [1.54, 1.807) is 0 Å². The summed E-state index contributed by atoms with van der Waals surface area (Å²) in [6.07, 6.45) is 0. The molecule has 0 aliphatic carbocycles. The minimum Gasteiger partial charge on any atom is -0.367 e. The summed E-state index contributed by atoms with van der Waals surface area (Å²) in [5.41, 5.74) is 1.85. The Hall–Kier alpha value is -2.20. The van der Waals surface area contributed by atoms with Crippen LogP contribution in [0.4, 0.5) is 16.2 Å². The van der Waals surface area contributed by atoms with E-state index in [0.29, 0.717) is 13.1 Å². The Kier molecular flexibility index (Phi) is 4.49. The van der Waals surface area contributed by atoms with Gasteiger partial charge >= 0.3 is 6.03 Å².